The Morgan fingerprint density at radius 2 is 1.69 bits per heavy atom. The van der Waals surface area contributed by atoms with Gasteiger partial charge in [0.1, 0.15) is 5.75 Å². The summed E-state index contributed by atoms with van der Waals surface area (Å²) < 4.78 is 5.15. The van der Waals surface area contributed by atoms with E-state index < -0.39 is 0 Å². The lowest BCUT2D eigenvalue weighted by atomic mass is 9.79. The quantitative estimate of drug-likeness (QED) is 0.829. The summed E-state index contributed by atoms with van der Waals surface area (Å²) in [5, 5.41) is 9.29. The molecule has 16 heavy (non-hydrogen) atoms. The van der Waals surface area contributed by atoms with Crippen LogP contribution in [0.3, 0.4) is 0 Å². The van der Waals surface area contributed by atoms with E-state index in [1.807, 2.05) is 12.1 Å². The molecule has 0 saturated carbocycles. The summed E-state index contributed by atoms with van der Waals surface area (Å²) in [6.07, 6.45) is 0. The monoisotopic (exact) mass is 222 g/mol. The van der Waals surface area contributed by atoms with Crippen molar-refractivity contribution < 1.29 is 9.84 Å². The predicted octanol–water partition coefficient (Wildman–Crippen LogP) is 3.06. The molecule has 2 atom stereocenters. The van der Waals surface area contributed by atoms with Gasteiger partial charge in [-0.3, -0.25) is 0 Å². The molecule has 0 spiro atoms. The highest BCUT2D eigenvalue weighted by molar-refractivity contribution is 5.30. The fourth-order valence-corrected chi connectivity index (χ4v) is 2.31. The third-order valence-electron chi connectivity index (χ3n) is 3.12. The molecule has 0 aliphatic rings. The van der Waals surface area contributed by atoms with Gasteiger partial charge in [0, 0.05) is 6.61 Å². The van der Waals surface area contributed by atoms with E-state index in [2.05, 4.69) is 32.9 Å². The van der Waals surface area contributed by atoms with Gasteiger partial charge >= 0.3 is 0 Å². The highest BCUT2D eigenvalue weighted by atomic mass is 16.5. The van der Waals surface area contributed by atoms with Crippen molar-refractivity contribution in [3.05, 3.63) is 29.8 Å². The Hall–Kier alpha value is -1.02. The largest absolute Gasteiger partial charge is 0.497 e. The highest BCUT2D eigenvalue weighted by Gasteiger charge is 2.21. The molecular weight excluding hydrogens is 200 g/mol. The van der Waals surface area contributed by atoms with Crippen molar-refractivity contribution >= 4 is 0 Å². The van der Waals surface area contributed by atoms with Crippen LogP contribution in [0.25, 0.3) is 0 Å². The lowest BCUT2D eigenvalue weighted by molar-refractivity contribution is 0.197. The third kappa shape index (κ3) is 2.99. The number of benzene rings is 1. The molecule has 1 N–H and O–H groups in total. The van der Waals surface area contributed by atoms with E-state index in [0.717, 1.165) is 5.75 Å². The van der Waals surface area contributed by atoms with Crippen LogP contribution in [-0.2, 0) is 0 Å². The third-order valence-corrected chi connectivity index (χ3v) is 3.12. The average Bonchev–Trinajstić information content (AvgIpc) is 2.29. The normalized spacial score (nSPS) is 14.9. The summed E-state index contributed by atoms with van der Waals surface area (Å²) >= 11 is 0. The molecule has 1 aromatic carbocycles. The summed E-state index contributed by atoms with van der Waals surface area (Å²) in [5.41, 5.74) is 1.28. The maximum Gasteiger partial charge on any atom is 0.118 e. The van der Waals surface area contributed by atoms with Crippen molar-refractivity contribution in [3.8, 4) is 5.75 Å². The van der Waals surface area contributed by atoms with Gasteiger partial charge in [0.15, 0.2) is 0 Å². The molecule has 0 heterocycles. The second-order valence-electron chi connectivity index (χ2n) is 4.70. The molecule has 1 rings (SSSR count). The zero-order chi connectivity index (χ0) is 12.1. The smallest absolute Gasteiger partial charge is 0.118 e. The van der Waals surface area contributed by atoms with E-state index in [-0.39, 0.29) is 12.5 Å². The predicted molar refractivity (Wildman–Crippen MR) is 66.8 cm³/mol. The molecule has 0 fully saturated rings. The van der Waals surface area contributed by atoms with Crippen molar-refractivity contribution in [3.63, 3.8) is 0 Å². The number of aliphatic hydroxyl groups excluding tert-OH is 1. The first kappa shape index (κ1) is 13.0. The minimum absolute atomic E-state index is 0.231. The van der Waals surface area contributed by atoms with Gasteiger partial charge in [0.25, 0.3) is 0 Å². The number of aliphatic hydroxyl groups is 1. The van der Waals surface area contributed by atoms with Crippen molar-refractivity contribution in [2.45, 2.75) is 26.7 Å². The van der Waals surface area contributed by atoms with E-state index in [1.54, 1.807) is 7.11 Å². The maximum absolute atomic E-state index is 9.29. The molecule has 2 nitrogen and oxygen atoms in total. The second kappa shape index (κ2) is 5.90. The molecule has 2 heteroatoms. The van der Waals surface area contributed by atoms with E-state index >= 15 is 0 Å². The zero-order valence-electron chi connectivity index (χ0n) is 10.6. The number of hydrogen-bond acceptors (Lipinski definition) is 2. The SMILES string of the molecule is COc1ccc([C@H](C(C)C)[C@H](C)CO)cc1. The Morgan fingerprint density at radius 3 is 2.06 bits per heavy atom. The van der Waals surface area contributed by atoms with Crippen LogP contribution in [0.5, 0.6) is 5.75 Å². The number of hydrogen-bond donors (Lipinski definition) is 1. The van der Waals surface area contributed by atoms with Crippen LogP contribution in [0.2, 0.25) is 0 Å². The molecule has 0 aromatic heterocycles. The van der Waals surface area contributed by atoms with Gasteiger partial charge < -0.3 is 9.84 Å². The second-order valence-corrected chi connectivity index (χ2v) is 4.70. The van der Waals surface area contributed by atoms with Crippen molar-refractivity contribution in [1.82, 2.24) is 0 Å². The van der Waals surface area contributed by atoms with Crippen LogP contribution in [0, 0.1) is 11.8 Å². The lowest BCUT2D eigenvalue weighted by Gasteiger charge is -2.26. The van der Waals surface area contributed by atoms with Crippen molar-refractivity contribution in [2.24, 2.45) is 11.8 Å². The lowest BCUT2D eigenvalue weighted by Crippen LogP contribution is -2.18. The minimum atomic E-state index is 0.231. The van der Waals surface area contributed by atoms with Gasteiger partial charge in [-0.15, -0.1) is 0 Å². The van der Waals surface area contributed by atoms with Crippen molar-refractivity contribution in [1.29, 1.82) is 0 Å². The van der Waals surface area contributed by atoms with E-state index in [9.17, 15) is 5.11 Å². The Kier molecular flexibility index (Phi) is 4.81. The van der Waals surface area contributed by atoms with E-state index in [1.165, 1.54) is 5.56 Å². The van der Waals surface area contributed by atoms with Crippen molar-refractivity contribution in [2.75, 3.05) is 13.7 Å². The summed E-state index contributed by atoms with van der Waals surface area (Å²) in [4.78, 5) is 0. The van der Waals surface area contributed by atoms with Gasteiger partial charge in [0.05, 0.1) is 7.11 Å². The van der Waals surface area contributed by atoms with Crippen LogP contribution in [0.15, 0.2) is 24.3 Å². The van der Waals surface area contributed by atoms with Crippen LogP contribution < -0.4 is 4.74 Å². The number of methoxy groups -OCH3 is 1. The first-order chi connectivity index (χ1) is 7.60. The fourth-order valence-electron chi connectivity index (χ4n) is 2.31. The zero-order valence-corrected chi connectivity index (χ0v) is 10.6. The van der Waals surface area contributed by atoms with Gasteiger partial charge in [-0.1, -0.05) is 32.9 Å². The van der Waals surface area contributed by atoms with Gasteiger partial charge in [-0.25, -0.2) is 0 Å². The summed E-state index contributed by atoms with van der Waals surface area (Å²) in [7, 11) is 1.67. The Labute approximate surface area is 98.3 Å². The number of rotatable bonds is 5. The van der Waals surface area contributed by atoms with Crippen LogP contribution >= 0.6 is 0 Å². The molecule has 0 unspecified atom stereocenters. The van der Waals surface area contributed by atoms with Crippen LogP contribution in [-0.4, -0.2) is 18.8 Å². The van der Waals surface area contributed by atoms with E-state index in [4.69, 9.17) is 4.74 Å². The fraction of sp³-hybridized carbons (Fsp3) is 0.571. The molecule has 0 aliphatic heterocycles. The highest BCUT2D eigenvalue weighted by Crippen LogP contribution is 2.32. The molecule has 0 amide bonds. The minimum Gasteiger partial charge on any atom is -0.497 e. The summed E-state index contributed by atoms with van der Waals surface area (Å²) in [5.74, 6) is 2.09. The average molecular weight is 222 g/mol. The van der Waals surface area contributed by atoms with Crippen LogP contribution in [0.1, 0.15) is 32.3 Å². The number of ether oxygens (including phenoxy) is 1. The summed E-state index contributed by atoms with van der Waals surface area (Å²) in [6.45, 7) is 6.71. The van der Waals surface area contributed by atoms with E-state index in [0.29, 0.717) is 11.8 Å². The van der Waals surface area contributed by atoms with Crippen LogP contribution in [0.4, 0.5) is 0 Å². The molecule has 0 radical (unpaired) electrons. The topological polar surface area (TPSA) is 29.5 Å². The Morgan fingerprint density at radius 1 is 1.12 bits per heavy atom. The molecular formula is C14H22O2. The molecule has 1 aromatic rings. The standard InChI is InChI=1S/C14H22O2/c1-10(2)14(11(3)9-15)12-5-7-13(16-4)8-6-12/h5-8,10-11,14-15H,9H2,1-4H3/t11-,14-/m1/s1. The molecule has 0 saturated heterocycles. The van der Waals surface area contributed by atoms with Gasteiger partial charge in [-0.2, -0.15) is 0 Å². The van der Waals surface area contributed by atoms with Gasteiger partial charge in [0.2, 0.25) is 0 Å². The summed E-state index contributed by atoms with van der Waals surface area (Å²) in [6, 6.07) is 8.15. The maximum atomic E-state index is 9.29. The Balaban J connectivity index is 2.92. The van der Waals surface area contributed by atoms with Gasteiger partial charge in [-0.05, 0) is 35.4 Å². The first-order valence-corrected chi connectivity index (χ1v) is 5.85. The molecule has 0 bridgehead atoms. The first-order valence-electron chi connectivity index (χ1n) is 5.85. The molecule has 0 aliphatic carbocycles. The Bertz CT molecular complexity index is 303. The molecule has 90 valence electrons.